The Morgan fingerprint density at radius 1 is 1.23 bits per heavy atom. The molecule has 2 rings (SSSR count). The number of hydrogen-bond acceptors (Lipinski definition) is 2. The molecule has 0 bridgehead atoms. The summed E-state index contributed by atoms with van der Waals surface area (Å²) >= 11 is 0. The Hall–Kier alpha value is -1.78. The lowest BCUT2D eigenvalue weighted by Gasteiger charge is -2.26. The molecule has 1 aromatic rings. The molecule has 2 amide bonds. The Kier molecular flexibility index (Phi) is 4.63. The first-order valence-electron chi connectivity index (χ1n) is 8.05. The number of hydrogen-bond donors (Lipinski definition) is 2. The molecule has 0 unspecified atom stereocenters. The Balaban J connectivity index is 2.25. The standard InChI is InChI=1S/C17H27N3O2/c1-11-10-14(15(21)19-17(3,4)16(18)22)12(2)20(11)13-8-6-5-7-9-13/h10,13H,5-9H2,1-4H3,(H2,18,22)(H,19,21). The van der Waals surface area contributed by atoms with Gasteiger partial charge in [-0.1, -0.05) is 19.3 Å². The molecular formula is C17H27N3O2. The summed E-state index contributed by atoms with van der Waals surface area (Å²) in [5.41, 5.74) is 6.99. The number of aromatic nitrogens is 1. The molecule has 1 heterocycles. The summed E-state index contributed by atoms with van der Waals surface area (Å²) in [4.78, 5) is 23.9. The van der Waals surface area contributed by atoms with Crippen LogP contribution < -0.4 is 11.1 Å². The average molecular weight is 305 g/mol. The molecule has 1 fully saturated rings. The van der Waals surface area contributed by atoms with Crippen LogP contribution in [0.4, 0.5) is 0 Å². The molecule has 1 saturated carbocycles. The smallest absolute Gasteiger partial charge is 0.253 e. The van der Waals surface area contributed by atoms with Crippen LogP contribution >= 0.6 is 0 Å². The number of rotatable bonds is 4. The van der Waals surface area contributed by atoms with E-state index in [0.717, 1.165) is 11.4 Å². The van der Waals surface area contributed by atoms with E-state index in [9.17, 15) is 9.59 Å². The highest BCUT2D eigenvalue weighted by Crippen LogP contribution is 2.32. The highest BCUT2D eigenvalue weighted by atomic mass is 16.2. The normalized spacial score (nSPS) is 16.5. The van der Waals surface area contributed by atoms with E-state index >= 15 is 0 Å². The molecule has 22 heavy (non-hydrogen) atoms. The second kappa shape index (κ2) is 6.15. The van der Waals surface area contributed by atoms with Crippen LogP contribution in [0.3, 0.4) is 0 Å². The number of carbonyl (C=O) groups excluding carboxylic acids is 2. The second-order valence-corrected chi connectivity index (χ2v) is 6.89. The number of primary amides is 1. The van der Waals surface area contributed by atoms with Crippen LogP contribution in [-0.2, 0) is 4.79 Å². The minimum Gasteiger partial charge on any atom is -0.368 e. The predicted octanol–water partition coefficient (Wildman–Crippen LogP) is 2.60. The van der Waals surface area contributed by atoms with Crippen molar-refractivity contribution in [2.75, 3.05) is 0 Å². The highest BCUT2D eigenvalue weighted by Gasteiger charge is 2.29. The fraction of sp³-hybridized carbons (Fsp3) is 0.647. The molecule has 0 aliphatic heterocycles. The zero-order valence-corrected chi connectivity index (χ0v) is 14.0. The van der Waals surface area contributed by atoms with Crippen molar-refractivity contribution in [1.82, 2.24) is 9.88 Å². The first kappa shape index (κ1) is 16.6. The number of nitrogens with zero attached hydrogens (tertiary/aromatic N) is 1. The maximum absolute atomic E-state index is 12.5. The first-order valence-corrected chi connectivity index (χ1v) is 8.05. The second-order valence-electron chi connectivity index (χ2n) is 6.89. The van der Waals surface area contributed by atoms with E-state index in [1.165, 1.54) is 32.1 Å². The van der Waals surface area contributed by atoms with Gasteiger partial charge in [-0.3, -0.25) is 9.59 Å². The van der Waals surface area contributed by atoms with E-state index in [0.29, 0.717) is 11.6 Å². The van der Waals surface area contributed by atoms with Gasteiger partial charge in [-0.15, -0.1) is 0 Å². The summed E-state index contributed by atoms with van der Waals surface area (Å²) < 4.78 is 2.28. The monoisotopic (exact) mass is 305 g/mol. The Bertz CT molecular complexity index is 581. The molecule has 0 radical (unpaired) electrons. The van der Waals surface area contributed by atoms with Gasteiger partial charge in [0.1, 0.15) is 5.54 Å². The van der Waals surface area contributed by atoms with Gasteiger partial charge in [-0.05, 0) is 46.6 Å². The summed E-state index contributed by atoms with van der Waals surface area (Å²) in [6.07, 6.45) is 6.14. The molecule has 5 heteroatoms. The molecule has 122 valence electrons. The van der Waals surface area contributed by atoms with Gasteiger partial charge >= 0.3 is 0 Å². The largest absolute Gasteiger partial charge is 0.368 e. The number of nitrogens with one attached hydrogen (secondary N) is 1. The molecule has 5 nitrogen and oxygen atoms in total. The lowest BCUT2D eigenvalue weighted by Crippen LogP contribution is -2.53. The fourth-order valence-electron chi connectivity index (χ4n) is 3.32. The van der Waals surface area contributed by atoms with Crippen LogP contribution in [0, 0.1) is 13.8 Å². The molecule has 0 atom stereocenters. The molecule has 0 saturated heterocycles. The van der Waals surface area contributed by atoms with Crippen LogP contribution in [0.1, 0.15) is 73.7 Å². The van der Waals surface area contributed by atoms with Gasteiger partial charge in [-0.25, -0.2) is 0 Å². The number of nitrogens with two attached hydrogens (primary N) is 1. The fourth-order valence-corrected chi connectivity index (χ4v) is 3.32. The van der Waals surface area contributed by atoms with Crippen LogP contribution in [-0.4, -0.2) is 21.9 Å². The minimum absolute atomic E-state index is 0.237. The van der Waals surface area contributed by atoms with E-state index in [1.54, 1.807) is 13.8 Å². The van der Waals surface area contributed by atoms with Crippen molar-refractivity contribution in [3.8, 4) is 0 Å². The van der Waals surface area contributed by atoms with E-state index in [-0.39, 0.29) is 5.91 Å². The van der Waals surface area contributed by atoms with Crippen LogP contribution in [0.2, 0.25) is 0 Å². The summed E-state index contributed by atoms with van der Waals surface area (Å²) in [6, 6.07) is 2.40. The number of amides is 2. The van der Waals surface area contributed by atoms with Gasteiger partial charge in [-0.2, -0.15) is 0 Å². The van der Waals surface area contributed by atoms with Crippen molar-refractivity contribution in [3.63, 3.8) is 0 Å². The lowest BCUT2D eigenvalue weighted by molar-refractivity contribution is -0.122. The topological polar surface area (TPSA) is 77.1 Å². The van der Waals surface area contributed by atoms with Crippen molar-refractivity contribution in [1.29, 1.82) is 0 Å². The van der Waals surface area contributed by atoms with Crippen LogP contribution in [0.5, 0.6) is 0 Å². The Morgan fingerprint density at radius 2 is 1.82 bits per heavy atom. The lowest BCUT2D eigenvalue weighted by atomic mass is 9.95. The van der Waals surface area contributed by atoms with E-state index < -0.39 is 11.4 Å². The van der Waals surface area contributed by atoms with Crippen molar-refractivity contribution in [2.24, 2.45) is 5.73 Å². The number of aryl methyl sites for hydroxylation is 1. The molecule has 0 aromatic carbocycles. The van der Waals surface area contributed by atoms with Crippen molar-refractivity contribution >= 4 is 11.8 Å². The zero-order chi connectivity index (χ0) is 16.5. The summed E-state index contributed by atoms with van der Waals surface area (Å²) in [6.45, 7) is 7.26. The van der Waals surface area contributed by atoms with E-state index in [4.69, 9.17) is 5.73 Å². The quantitative estimate of drug-likeness (QED) is 0.897. The SMILES string of the molecule is Cc1cc(C(=O)NC(C)(C)C(N)=O)c(C)n1C1CCCCC1. The minimum atomic E-state index is -1.05. The molecular weight excluding hydrogens is 278 g/mol. The third-order valence-electron chi connectivity index (χ3n) is 4.71. The van der Waals surface area contributed by atoms with Gasteiger partial charge in [0.15, 0.2) is 0 Å². The maximum atomic E-state index is 12.5. The molecule has 1 aromatic heterocycles. The average Bonchev–Trinajstić information content (AvgIpc) is 2.74. The zero-order valence-electron chi connectivity index (χ0n) is 14.0. The summed E-state index contributed by atoms with van der Waals surface area (Å²) in [5, 5.41) is 2.73. The Labute approximate surface area is 132 Å². The summed E-state index contributed by atoms with van der Waals surface area (Å²) in [5.74, 6) is -0.777. The van der Waals surface area contributed by atoms with Crippen LogP contribution in [0.25, 0.3) is 0 Å². The van der Waals surface area contributed by atoms with E-state index in [2.05, 4.69) is 9.88 Å². The first-order chi connectivity index (χ1) is 10.2. The van der Waals surface area contributed by atoms with Gasteiger partial charge in [0.25, 0.3) is 5.91 Å². The van der Waals surface area contributed by atoms with E-state index in [1.807, 2.05) is 19.9 Å². The number of carbonyl (C=O) groups is 2. The predicted molar refractivity (Wildman–Crippen MR) is 86.8 cm³/mol. The van der Waals surface area contributed by atoms with Crippen LogP contribution in [0.15, 0.2) is 6.07 Å². The van der Waals surface area contributed by atoms with Gasteiger partial charge < -0.3 is 15.6 Å². The molecule has 3 N–H and O–H groups in total. The van der Waals surface area contributed by atoms with Gasteiger partial charge in [0.05, 0.1) is 5.56 Å². The molecule has 1 aliphatic carbocycles. The Morgan fingerprint density at radius 3 is 2.36 bits per heavy atom. The molecule has 1 aliphatic rings. The van der Waals surface area contributed by atoms with Gasteiger partial charge in [0.2, 0.25) is 5.91 Å². The summed E-state index contributed by atoms with van der Waals surface area (Å²) in [7, 11) is 0. The van der Waals surface area contributed by atoms with Crippen molar-refractivity contribution in [2.45, 2.75) is 71.4 Å². The van der Waals surface area contributed by atoms with Crippen molar-refractivity contribution < 1.29 is 9.59 Å². The third kappa shape index (κ3) is 3.18. The molecule has 0 spiro atoms. The third-order valence-corrected chi connectivity index (χ3v) is 4.71. The highest BCUT2D eigenvalue weighted by molar-refractivity contribution is 5.99. The van der Waals surface area contributed by atoms with Crippen molar-refractivity contribution in [3.05, 3.63) is 23.0 Å². The maximum Gasteiger partial charge on any atom is 0.253 e. The van der Waals surface area contributed by atoms with Gasteiger partial charge in [0, 0.05) is 17.4 Å².